The van der Waals surface area contributed by atoms with Gasteiger partial charge in [-0.1, -0.05) is 18.2 Å². The molecule has 0 unspecified atom stereocenters. The summed E-state index contributed by atoms with van der Waals surface area (Å²) in [5, 5.41) is 0.937. The van der Waals surface area contributed by atoms with Gasteiger partial charge in [0, 0.05) is 18.2 Å². The fourth-order valence-corrected chi connectivity index (χ4v) is 3.58. The zero-order valence-corrected chi connectivity index (χ0v) is 10.6. The number of fused-ring (bicyclic) bond motifs is 5. The van der Waals surface area contributed by atoms with E-state index in [0.29, 0.717) is 5.52 Å². The average Bonchev–Trinajstić information content (AvgIpc) is 2.88. The summed E-state index contributed by atoms with van der Waals surface area (Å²) < 4.78 is 2.18. The standard InChI is InChI=1S/C14H10N2OS/c1-8-15-13-12(17)7-10-6-9-4-2-3-5-11(9)16(10)14(13)18-8/h2-5,7H,6H2,1H3. The Balaban J connectivity index is 2.21. The lowest BCUT2D eigenvalue weighted by molar-refractivity contribution is 1.06. The molecule has 0 spiro atoms. The van der Waals surface area contributed by atoms with Crippen LogP contribution in [0.1, 0.15) is 16.3 Å². The van der Waals surface area contributed by atoms with Crippen LogP contribution in [-0.4, -0.2) is 9.55 Å². The number of hydrogen-bond acceptors (Lipinski definition) is 3. The van der Waals surface area contributed by atoms with E-state index in [2.05, 4.69) is 21.7 Å². The Bertz CT molecular complexity index is 845. The topological polar surface area (TPSA) is 34.9 Å². The first kappa shape index (κ1) is 10.0. The van der Waals surface area contributed by atoms with Crippen LogP contribution in [0.3, 0.4) is 0 Å². The highest BCUT2D eigenvalue weighted by Gasteiger charge is 2.21. The van der Waals surface area contributed by atoms with Gasteiger partial charge in [-0.25, -0.2) is 4.98 Å². The molecule has 1 aliphatic rings. The highest BCUT2D eigenvalue weighted by Crippen LogP contribution is 2.32. The maximum atomic E-state index is 12.0. The molecule has 0 radical (unpaired) electrons. The molecule has 3 aromatic rings. The first-order chi connectivity index (χ1) is 8.74. The molecule has 0 bridgehead atoms. The van der Waals surface area contributed by atoms with E-state index in [1.165, 1.54) is 11.3 Å². The molecule has 1 aromatic carbocycles. The minimum atomic E-state index is 0.0356. The van der Waals surface area contributed by atoms with Crippen LogP contribution >= 0.6 is 11.3 Å². The summed E-state index contributed by atoms with van der Waals surface area (Å²) in [4.78, 5) is 17.4. The SMILES string of the molecule is Cc1nc2c(=O)cc3n(c2s1)-c1ccccc1C3. The maximum absolute atomic E-state index is 12.0. The van der Waals surface area contributed by atoms with Crippen molar-refractivity contribution in [3.05, 3.63) is 56.8 Å². The largest absolute Gasteiger partial charge is 0.303 e. The first-order valence-corrected chi connectivity index (χ1v) is 6.66. The molecule has 0 saturated heterocycles. The van der Waals surface area contributed by atoms with Crippen molar-refractivity contribution >= 4 is 21.7 Å². The highest BCUT2D eigenvalue weighted by atomic mass is 32.1. The number of para-hydroxylation sites is 1. The fourth-order valence-electron chi connectivity index (χ4n) is 2.61. The number of nitrogens with zero attached hydrogens (tertiary/aromatic N) is 2. The first-order valence-electron chi connectivity index (χ1n) is 5.84. The molecule has 3 nitrogen and oxygen atoms in total. The minimum Gasteiger partial charge on any atom is -0.303 e. The summed E-state index contributed by atoms with van der Waals surface area (Å²) in [6.45, 7) is 1.94. The van der Waals surface area contributed by atoms with Gasteiger partial charge >= 0.3 is 0 Å². The number of aromatic nitrogens is 2. The van der Waals surface area contributed by atoms with Gasteiger partial charge in [0.1, 0.15) is 10.3 Å². The maximum Gasteiger partial charge on any atom is 0.209 e. The lowest BCUT2D eigenvalue weighted by Crippen LogP contribution is -2.07. The molecule has 2 aromatic heterocycles. The number of hydrogen-bond donors (Lipinski definition) is 0. The summed E-state index contributed by atoms with van der Waals surface area (Å²) in [6.07, 6.45) is 0.832. The lowest BCUT2D eigenvalue weighted by atomic mass is 10.1. The highest BCUT2D eigenvalue weighted by molar-refractivity contribution is 7.18. The Morgan fingerprint density at radius 3 is 3.06 bits per heavy atom. The number of aryl methyl sites for hydroxylation is 1. The molecule has 0 saturated carbocycles. The summed E-state index contributed by atoms with van der Waals surface area (Å²) in [6, 6.07) is 10.0. The second-order valence-electron chi connectivity index (χ2n) is 4.53. The summed E-state index contributed by atoms with van der Waals surface area (Å²) >= 11 is 1.59. The Kier molecular flexibility index (Phi) is 1.84. The van der Waals surface area contributed by atoms with E-state index in [4.69, 9.17) is 0 Å². The Morgan fingerprint density at radius 1 is 1.33 bits per heavy atom. The predicted octanol–water partition coefficient (Wildman–Crippen LogP) is 2.66. The van der Waals surface area contributed by atoms with Gasteiger partial charge < -0.3 is 4.57 Å². The fraction of sp³-hybridized carbons (Fsp3) is 0.143. The van der Waals surface area contributed by atoms with E-state index in [1.54, 1.807) is 17.4 Å². The van der Waals surface area contributed by atoms with Crippen molar-refractivity contribution in [3.8, 4) is 5.69 Å². The number of benzene rings is 1. The summed E-state index contributed by atoms with van der Waals surface area (Å²) in [5.74, 6) is 0. The van der Waals surface area contributed by atoms with Gasteiger partial charge in [0.15, 0.2) is 0 Å². The molecule has 0 fully saturated rings. The second-order valence-corrected chi connectivity index (χ2v) is 5.71. The van der Waals surface area contributed by atoms with Gasteiger partial charge in [0.25, 0.3) is 0 Å². The molecule has 3 heterocycles. The third-order valence-corrected chi connectivity index (χ3v) is 4.30. The van der Waals surface area contributed by atoms with E-state index in [9.17, 15) is 4.79 Å². The van der Waals surface area contributed by atoms with E-state index in [-0.39, 0.29) is 5.43 Å². The number of thiazole rings is 1. The van der Waals surface area contributed by atoms with E-state index >= 15 is 0 Å². The smallest absolute Gasteiger partial charge is 0.209 e. The van der Waals surface area contributed by atoms with Gasteiger partial charge in [-0.2, -0.15) is 0 Å². The molecular formula is C14H10N2OS. The monoisotopic (exact) mass is 254 g/mol. The Labute approximate surface area is 107 Å². The van der Waals surface area contributed by atoms with Crippen molar-refractivity contribution in [1.82, 2.24) is 9.55 Å². The number of pyridine rings is 1. The molecule has 88 valence electrons. The van der Waals surface area contributed by atoms with Crippen LogP contribution in [0.15, 0.2) is 35.1 Å². The van der Waals surface area contributed by atoms with Gasteiger partial charge in [-0.3, -0.25) is 4.79 Å². The van der Waals surface area contributed by atoms with E-state index < -0.39 is 0 Å². The predicted molar refractivity (Wildman–Crippen MR) is 72.8 cm³/mol. The lowest BCUT2D eigenvalue weighted by Gasteiger charge is -2.06. The third kappa shape index (κ3) is 1.18. The Hall–Kier alpha value is -1.94. The van der Waals surface area contributed by atoms with Gasteiger partial charge in [0.2, 0.25) is 5.43 Å². The molecule has 4 heteroatoms. The molecule has 0 atom stereocenters. The molecule has 0 aliphatic carbocycles. The van der Waals surface area contributed by atoms with Gasteiger partial charge in [-0.05, 0) is 18.6 Å². The zero-order chi connectivity index (χ0) is 12.3. The summed E-state index contributed by atoms with van der Waals surface area (Å²) in [7, 11) is 0. The molecular weight excluding hydrogens is 244 g/mol. The van der Waals surface area contributed by atoms with Crippen LogP contribution in [0.2, 0.25) is 0 Å². The second kappa shape index (κ2) is 3.29. The molecule has 18 heavy (non-hydrogen) atoms. The third-order valence-electron chi connectivity index (χ3n) is 3.34. The quantitative estimate of drug-likeness (QED) is 0.483. The van der Waals surface area contributed by atoms with Crippen molar-refractivity contribution in [3.63, 3.8) is 0 Å². The molecule has 0 amide bonds. The molecule has 0 N–H and O–H groups in total. The zero-order valence-electron chi connectivity index (χ0n) is 9.80. The summed E-state index contributed by atoms with van der Waals surface area (Å²) in [5.41, 5.74) is 4.15. The van der Waals surface area contributed by atoms with Crippen LogP contribution in [0.4, 0.5) is 0 Å². The van der Waals surface area contributed by atoms with Crippen molar-refractivity contribution in [2.75, 3.05) is 0 Å². The van der Waals surface area contributed by atoms with Crippen LogP contribution in [0.25, 0.3) is 16.0 Å². The van der Waals surface area contributed by atoms with Crippen molar-refractivity contribution in [2.24, 2.45) is 0 Å². The van der Waals surface area contributed by atoms with Crippen molar-refractivity contribution < 1.29 is 0 Å². The van der Waals surface area contributed by atoms with Gasteiger partial charge in [0.05, 0.1) is 10.7 Å². The molecule has 4 rings (SSSR count). The average molecular weight is 254 g/mol. The van der Waals surface area contributed by atoms with Crippen molar-refractivity contribution in [2.45, 2.75) is 13.3 Å². The van der Waals surface area contributed by atoms with E-state index in [1.807, 2.05) is 19.1 Å². The Morgan fingerprint density at radius 2 is 2.17 bits per heavy atom. The minimum absolute atomic E-state index is 0.0356. The van der Waals surface area contributed by atoms with Crippen LogP contribution in [-0.2, 0) is 6.42 Å². The van der Waals surface area contributed by atoms with Crippen LogP contribution in [0, 0.1) is 6.92 Å². The van der Waals surface area contributed by atoms with Crippen LogP contribution in [0.5, 0.6) is 0 Å². The molecule has 1 aliphatic heterocycles. The number of rotatable bonds is 0. The van der Waals surface area contributed by atoms with E-state index in [0.717, 1.165) is 22.0 Å². The van der Waals surface area contributed by atoms with Crippen LogP contribution < -0.4 is 5.43 Å². The van der Waals surface area contributed by atoms with Gasteiger partial charge in [-0.15, -0.1) is 11.3 Å². The normalized spacial score (nSPS) is 12.7. The van der Waals surface area contributed by atoms with Crippen molar-refractivity contribution in [1.29, 1.82) is 0 Å².